The van der Waals surface area contributed by atoms with Crippen molar-refractivity contribution in [1.82, 2.24) is 0 Å². The second-order valence-electron chi connectivity index (χ2n) is 4.31. The molecule has 1 aromatic carbocycles. The molecule has 2 heteroatoms. The number of benzene rings is 1. The molecule has 0 amide bonds. The van der Waals surface area contributed by atoms with E-state index in [9.17, 15) is 0 Å². The van der Waals surface area contributed by atoms with E-state index < -0.39 is 0 Å². The summed E-state index contributed by atoms with van der Waals surface area (Å²) in [5, 5.41) is 8.03. The van der Waals surface area contributed by atoms with E-state index in [0.29, 0.717) is 5.92 Å². The Balaban J connectivity index is 2.13. The van der Waals surface area contributed by atoms with Gasteiger partial charge in [0.25, 0.3) is 0 Å². The topological polar surface area (TPSA) is 24.7 Å². The third kappa shape index (κ3) is 2.52. The van der Waals surface area contributed by atoms with E-state index in [-0.39, 0.29) is 0 Å². The summed E-state index contributed by atoms with van der Waals surface area (Å²) in [6.45, 7) is 5.20. The third-order valence-electron chi connectivity index (χ3n) is 2.44. The summed E-state index contributed by atoms with van der Waals surface area (Å²) in [7, 11) is 0. The Hall–Kier alpha value is -1.44. The molecule has 0 fully saturated rings. The molecule has 1 aliphatic heterocycles. The van der Waals surface area contributed by atoms with Gasteiger partial charge in [-0.25, -0.2) is 0 Å². The highest BCUT2D eigenvalue weighted by Crippen LogP contribution is 2.21. The number of azo groups is 1. The van der Waals surface area contributed by atoms with Crippen LogP contribution in [0.3, 0.4) is 0 Å². The predicted octanol–water partition coefficient (Wildman–Crippen LogP) is 3.69. The van der Waals surface area contributed by atoms with E-state index in [4.69, 9.17) is 0 Å². The van der Waals surface area contributed by atoms with Gasteiger partial charge in [-0.05, 0) is 24.0 Å². The average Bonchev–Trinajstić information content (AvgIpc) is 2.71. The second kappa shape index (κ2) is 4.39. The van der Waals surface area contributed by atoms with E-state index in [2.05, 4.69) is 54.4 Å². The van der Waals surface area contributed by atoms with E-state index in [1.54, 1.807) is 0 Å². The van der Waals surface area contributed by atoms with Crippen molar-refractivity contribution in [3.8, 4) is 0 Å². The summed E-state index contributed by atoms with van der Waals surface area (Å²) in [6.07, 6.45) is 3.19. The van der Waals surface area contributed by atoms with E-state index in [0.717, 1.165) is 18.7 Å². The second-order valence-corrected chi connectivity index (χ2v) is 4.31. The summed E-state index contributed by atoms with van der Waals surface area (Å²) in [6, 6.07) is 8.63. The molecule has 0 unspecified atom stereocenters. The van der Waals surface area contributed by atoms with Crippen molar-refractivity contribution >= 4 is 5.70 Å². The fourth-order valence-electron chi connectivity index (χ4n) is 1.74. The van der Waals surface area contributed by atoms with Crippen molar-refractivity contribution in [1.29, 1.82) is 0 Å². The molecule has 1 heterocycles. The van der Waals surface area contributed by atoms with Gasteiger partial charge in [0.1, 0.15) is 0 Å². The van der Waals surface area contributed by atoms with Crippen LogP contribution in [0, 0.1) is 5.92 Å². The molecule has 0 aromatic heterocycles. The molecule has 0 saturated carbocycles. The number of hydrogen-bond acceptors (Lipinski definition) is 2. The van der Waals surface area contributed by atoms with Gasteiger partial charge in [-0.2, -0.15) is 10.2 Å². The van der Waals surface area contributed by atoms with Crippen molar-refractivity contribution < 1.29 is 0 Å². The van der Waals surface area contributed by atoms with Crippen molar-refractivity contribution in [2.75, 3.05) is 6.54 Å². The van der Waals surface area contributed by atoms with Gasteiger partial charge >= 0.3 is 0 Å². The average molecular weight is 200 g/mol. The zero-order chi connectivity index (χ0) is 10.7. The van der Waals surface area contributed by atoms with Crippen molar-refractivity contribution in [3.63, 3.8) is 0 Å². The summed E-state index contributed by atoms with van der Waals surface area (Å²) < 4.78 is 0. The largest absolute Gasteiger partial charge is 0.184 e. The fraction of sp³-hybridized carbons (Fsp3) is 0.385. The molecular weight excluding hydrogens is 184 g/mol. The molecule has 0 atom stereocenters. The normalized spacial score (nSPS) is 14.7. The lowest BCUT2D eigenvalue weighted by molar-refractivity contribution is 0.647. The molecule has 1 aromatic rings. The van der Waals surface area contributed by atoms with Gasteiger partial charge in [0.2, 0.25) is 0 Å². The highest BCUT2D eigenvalue weighted by molar-refractivity contribution is 5.65. The zero-order valence-corrected chi connectivity index (χ0v) is 9.27. The molecule has 2 rings (SSSR count). The number of nitrogens with zero attached hydrogens (tertiary/aromatic N) is 2. The first-order valence-electron chi connectivity index (χ1n) is 5.42. The lowest BCUT2D eigenvalue weighted by Gasteiger charge is -2.05. The van der Waals surface area contributed by atoms with Crippen molar-refractivity contribution in [2.45, 2.75) is 20.3 Å². The molecular formula is C13H16N2. The molecule has 0 N–H and O–H groups in total. The quantitative estimate of drug-likeness (QED) is 0.711. The minimum absolute atomic E-state index is 0.709. The van der Waals surface area contributed by atoms with Crippen LogP contribution in [0.15, 0.2) is 40.6 Å². The van der Waals surface area contributed by atoms with Crippen LogP contribution in [0.2, 0.25) is 0 Å². The van der Waals surface area contributed by atoms with E-state index >= 15 is 0 Å². The van der Waals surface area contributed by atoms with Crippen molar-refractivity contribution in [3.05, 3.63) is 41.5 Å². The molecule has 0 bridgehead atoms. The van der Waals surface area contributed by atoms with Gasteiger partial charge < -0.3 is 0 Å². The van der Waals surface area contributed by atoms with Gasteiger partial charge in [0.05, 0.1) is 12.2 Å². The molecule has 15 heavy (non-hydrogen) atoms. The van der Waals surface area contributed by atoms with Gasteiger partial charge in [-0.15, -0.1) is 0 Å². The van der Waals surface area contributed by atoms with E-state index in [1.807, 2.05) is 0 Å². The molecule has 78 valence electrons. The summed E-state index contributed by atoms with van der Waals surface area (Å²) in [5.74, 6) is 0.709. The minimum atomic E-state index is 0.709. The van der Waals surface area contributed by atoms with Gasteiger partial charge in [0, 0.05) is 5.56 Å². The fourth-order valence-corrected chi connectivity index (χ4v) is 1.74. The monoisotopic (exact) mass is 200 g/mol. The minimum Gasteiger partial charge on any atom is -0.184 e. The lowest BCUT2D eigenvalue weighted by atomic mass is 10.0. The van der Waals surface area contributed by atoms with Crippen molar-refractivity contribution in [2.24, 2.45) is 16.1 Å². The molecule has 0 aliphatic carbocycles. The van der Waals surface area contributed by atoms with Crippen LogP contribution in [-0.4, -0.2) is 6.54 Å². The first kappa shape index (κ1) is 10.1. The van der Waals surface area contributed by atoms with Crippen LogP contribution in [0.4, 0.5) is 0 Å². The maximum absolute atomic E-state index is 4.08. The number of rotatable bonds is 3. The number of hydrogen-bond donors (Lipinski definition) is 0. The summed E-state index contributed by atoms with van der Waals surface area (Å²) in [4.78, 5) is 0. The lowest BCUT2D eigenvalue weighted by Crippen LogP contribution is -1.93. The van der Waals surface area contributed by atoms with Gasteiger partial charge in [-0.1, -0.05) is 38.1 Å². The smallest absolute Gasteiger partial charge is 0.0904 e. The Bertz CT molecular complexity index is 386. The molecule has 0 saturated heterocycles. The van der Waals surface area contributed by atoms with Crippen LogP contribution >= 0.6 is 0 Å². The van der Waals surface area contributed by atoms with Gasteiger partial charge in [0.15, 0.2) is 0 Å². The maximum Gasteiger partial charge on any atom is 0.0904 e. The first-order valence-corrected chi connectivity index (χ1v) is 5.42. The highest BCUT2D eigenvalue weighted by atomic mass is 15.1. The Morgan fingerprint density at radius 1 is 1.20 bits per heavy atom. The van der Waals surface area contributed by atoms with Gasteiger partial charge in [-0.3, -0.25) is 0 Å². The maximum atomic E-state index is 4.08. The molecule has 0 radical (unpaired) electrons. The Morgan fingerprint density at radius 3 is 2.47 bits per heavy atom. The predicted molar refractivity (Wildman–Crippen MR) is 62.7 cm³/mol. The highest BCUT2D eigenvalue weighted by Gasteiger charge is 2.04. The Labute approximate surface area is 90.7 Å². The molecule has 1 aliphatic rings. The van der Waals surface area contributed by atoms with Crippen LogP contribution in [0.1, 0.15) is 25.0 Å². The van der Waals surface area contributed by atoms with Crippen LogP contribution in [0.25, 0.3) is 5.70 Å². The Morgan fingerprint density at radius 2 is 1.93 bits per heavy atom. The first-order chi connectivity index (χ1) is 7.25. The van der Waals surface area contributed by atoms with Crippen LogP contribution in [-0.2, 0) is 6.42 Å². The third-order valence-corrected chi connectivity index (χ3v) is 2.44. The van der Waals surface area contributed by atoms with E-state index in [1.165, 1.54) is 11.1 Å². The SMILES string of the molecule is CC(C)Cc1ccc(C2=CCN=N2)cc1. The zero-order valence-electron chi connectivity index (χ0n) is 9.27. The van der Waals surface area contributed by atoms with Crippen LogP contribution in [0.5, 0.6) is 0 Å². The molecule has 0 spiro atoms. The van der Waals surface area contributed by atoms with Crippen LogP contribution < -0.4 is 0 Å². The summed E-state index contributed by atoms with van der Waals surface area (Å²) >= 11 is 0. The molecule has 2 nitrogen and oxygen atoms in total. The Kier molecular flexibility index (Phi) is 2.95. The standard InChI is InChI=1S/C13H16N2/c1-10(2)9-11-3-5-12(6-4-11)13-7-8-14-15-13/h3-7,10H,8-9H2,1-2H3. The summed E-state index contributed by atoms with van der Waals surface area (Å²) in [5.41, 5.74) is 3.57.